The quantitative estimate of drug-likeness (QED) is 0.415. The van der Waals surface area contributed by atoms with Crippen LogP contribution >= 0.6 is 16.1 Å². The molecule has 1 fully saturated rings. The second-order valence-corrected chi connectivity index (χ2v) is 10.5. The molecule has 2 aromatic rings. The first-order valence-electron chi connectivity index (χ1n) is 12.0. The molecule has 0 amide bonds. The molecule has 2 aliphatic heterocycles. The van der Waals surface area contributed by atoms with Crippen LogP contribution in [0.3, 0.4) is 0 Å². The molecule has 1 saturated heterocycles. The van der Waals surface area contributed by atoms with Gasteiger partial charge in [-0.1, -0.05) is 20.8 Å². The Morgan fingerprint density at radius 1 is 1.06 bits per heavy atom. The zero-order valence-corrected chi connectivity index (χ0v) is 23.3. The molecule has 0 N–H and O–H groups in total. The van der Waals surface area contributed by atoms with Crippen molar-refractivity contribution in [2.24, 2.45) is 4.02 Å². The summed E-state index contributed by atoms with van der Waals surface area (Å²) in [6.07, 6.45) is 2.23. The summed E-state index contributed by atoms with van der Waals surface area (Å²) in [7, 11) is 4.54. The maximum absolute atomic E-state index is 15.3. The lowest BCUT2D eigenvalue weighted by Gasteiger charge is -2.29. The summed E-state index contributed by atoms with van der Waals surface area (Å²) >= 11 is 3.13. The molecule has 7 nitrogen and oxygen atoms in total. The molecule has 0 spiro atoms. The normalized spacial score (nSPS) is 16.5. The van der Waals surface area contributed by atoms with Crippen molar-refractivity contribution in [2.75, 3.05) is 45.9 Å². The Hall–Kier alpha value is -2.81. The largest absolute Gasteiger partial charge is 0.494 e. The van der Waals surface area contributed by atoms with E-state index in [-0.39, 0.29) is 23.5 Å². The van der Waals surface area contributed by atoms with Gasteiger partial charge in [0.25, 0.3) is 0 Å². The van der Waals surface area contributed by atoms with Gasteiger partial charge in [0.15, 0.2) is 23.1 Å². The van der Waals surface area contributed by atoms with Crippen molar-refractivity contribution >= 4 is 33.5 Å². The highest BCUT2D eigenvalue weighted by Crippen LogP contribution is 2.42. The molecule has 0 aromatic heterocycles. The van der Waals surface area contributed by atoms with Crippen LogP contribution in [-0.2, 0) is 12.0 Å². The minimum absolute atomic E-state index is 0.0123. The number of hydrogen-bond acceptors (Lipinski definition) is 6. The number of fused-ring (bicyclic) bond motifs is 1. The van der Waals surface area contributed by atoms with E-state index in [0.717, 1.165) is 42.9 Å². The first kappa shape index (κ1) is 26.3. The SMILES string of the molecule is COc1cc2c(c(F)c1OC)/C(=N/Br)N(CC(=O)c1cc(N3CCCC3)c(OC)c(C(C)(C)C)c1)C2. The number of benzene rings is 2. The topological polar surface area (TPSA) is 63.6 Å². The number of carbonyl (C=O) groups is 1. The molecular formula is C27H33BrFN3O4. The monoisotopic (exact) mass is 561 g/mol. The van der Waals surface area contributed by atoms with Crippen LogP contribution in [0.2, 0.25) is 0 Å². The number of rotatable bonds is 7. The van der Waals surface area contributed by atoms with Gasteiger partial charge < -0.3 is 24.0 Å². The van der Waals surface area contributed by atoms with Crippen LogP contribution in [0.25, 0.3) is 0 Å². The van der Waals surface area contributed by atoms with Crippen LogP contribution in [0, 0.1) is 5.82 Å². The molecule has 2 heterocycles. The molecule has 194 valence electrons. The van der Waals surface area contributed by atoms with Crippen molar-refractivity contribution in [1.29, 1.82) is 0 Å². The first-order valence-corrected chi connectivity index (χ1v) is 12.7. The highest BCUT2D eigenvalue weighted by molar-refractivity contribution is 9.08. The summed E-state index contributed by atoms with van der Waals surface area (Å²) in [6, 6.07) is 5.60. The highest BCUT2D eigenvalue weighted by Gasteiger charge is 2.34. The molecule has 0 saturated carbocycles. The summed E-state index contributed by atoms with van der Waals surface area (Å²) in [6.45, 7) is 8.57. The van der Waals surface area contributed by atoms with Crippen molar-refractivity contribution < 1.29 is 23.4 Å². The third-order valence-electron chi connectivity index (χ3n) is 6.84. The molecule has 2 aromatic carbocycles. The molecule has 4 rings (SSSR count). The number of Topliss-reactive ketones (excluding diaryl/α,β-unsaturated/α-hetero) is 1. The van der Waals surface area contributed by atoms with Gasteiger partial charge in [-0.2, -0.15) is 4.02 Å². The van der Waals surface area contributed by atoms with Gasteiger partial charge in [-0.25, -0.2) is 4.39 Å². The van der Waals surface area contributed by atoms with Crippen molar-refractivity contribution in [3.8, 4) is 17.2 Å². The Kier molecular flexibility index (Phi) is 7.50. The number of methoxy groups -OCH3 is 3. The number of anilines is 1. The Bertz CT molecular complexity index is 1200. The second kappa shape index (κ2) is 10.3. The van der Waals surface area contributed by atoms with Crippen molar-refractivity contribution in [3.05, 3.63) is 46.3 Å². The number of halogens is 2. The molecule has 0 atom stereocenters. The number of amidine groups is 1. The van der Waals surface area contributed by atoms with Gasteiger partial charge in [-0.3, -0.25) is 4.79 Å². The van der Waals surface area contributed by atoms with E-state index in [0.29, 0.717) is 34.8 Å². The fourth-order valence-corrected chi connectivity index (χ4v) is 5.44. The summed E-state index contributed by atoms with van der Waals surface area (Å²) in [5.41, 5.74) is 3.30. The Balaban J connectivity index is 1.71. The maximum atomic E-state index is 15.3. The van der Waals surface area contributed by atoms with E-state index in [9.17, 15) is 4.79 Å². The van der Waals surface area contributed by atoms with Crippen LogP contribution in [0.4, 0.5) is 10.1 Å². The van der Waals surface area contributed by atoms with Crippen LogP contribution < -0.4 is 19.1 Å². The Labute approximate surface area is 220 Å². The summed E-state index contributed by atoms with van der Waals surface area (Å²) in [5, 5.41) is 0. The molecule has 0 aliphatic carbocycles. The third-order valence-corrected chi connectivity index (χ3v) is 7.18. The average Bonchev–Trinajstić information content (AvgIpc) is 3.50. The standard InChI is InChI=1S/C27H33BrFN3O4/c1-27(2,3)18-11-16(12-19(24(18)35-5)31-9-7-8-10-31)20(33)15-32-14-17-13-21(34-4)25(36-6)23(29)22(17)26(32)30-28/h11-13H,7-10,14-15H2,1-6H3/b30-26-. The van der Waals surface area contributed by atoms with Crippen molar-refractivity contribution in [2.45, 2.75) is 45.6 Å². The molecule has 2 aliphatic rings. The Morgan fingerprint density at radius 3 is 2.28 bits per heavy atom. The minimum atomic E-state index is -0.559. The van der Waals surface area contributed by atoms with E-state index < -0.39 is 5.82 Å². The van der Waals surface area contributed by atoms with Gasteiger partial charge in [0.05, 0.1) is 55.3 Å². The van der Waals surface area contributed by atoms with Gasteiger partial charge in [-0.15, -0.1) is 0 Å². The van der Waals surface area contributed by atoms with Gasteiger partial charge in [0, 0.05) is 30.8 Å². The number of ether oxygens (including phenoxy) is 3. The first-order chi connectivity index (χ1) is 17.1. The zero-order valence-electron chi connectivity index (χ0n) is 21.7. The Morgan fingerprint density at radius 2 is 1.72 bits per heavy atom. The van der Waals surface area contributed by atoms with E-state index in [1.165, 1.54) is 14.2 Å². The molecular weight excluding hydrogens is 529 g/mol. The lowest BCUT2D eigenvalue weighted by Crippen LogP contribution is -2.31. The predicted octanol–water partition coefficient (Wildman–Crippen LogP) is 5.50. The number of carbonyl (C=O) groups excluding carboxylic acids is 1. The fourth-order valence-electron chi connectivity index (χ4n) is 5.04. The molecule has 0 bridgehead atoms. The van der Waals surface area contributed by atoms with Crippen LogP contribution in [0.5, 0.6) is 17.2 Å². The van der Waals surface area contributed by atoms with Crippen LogP contribution in [0.1, 0.15) is 60.7 Å². The lowest BCUT2D eigenvalue weighted by molar-refractivity contribution is 0.0963. The lowest BCUT2D eigenvalue weighted by atomic mass is 9.84. The van der Waals surface area contributed by atoms with E-state index in [1.807, 2.05) is 12.1 Å². The third kappa shape index (κ3) is 4.65. The van der Waals surface area contributed by atoms with E-state index in [2.05, 4.69) is 45.8 Å². The predicted molar refractivity (Wildman–Crippen MR) is 143 cm³/mol. The van der Waals surface area contributed by atoms with E-state index >= 15 is 4.39 Å². The zero-order chi connectivity index (χ0) is 26.2. The summed E-state index contributed by atoms with van der Waals surface area (Å²) in [5.74, 6) is 0.842. The molecule has 0 radical (unpaired) electrons. The average molecular weight is 562 g/mol. The van der Waals surface area contributed by atoms with Gasteiger partial charge in [-0.05, 0) is 42.0 Å². The molecule has 9 heteroatoms. The number of hydrogen-bond donors (Lipinski definition) is 0. The van der Waals surface area contributed by atoms with Gasteiger partial charge in [0.1, 0.15) is 11.6 Å². The summed E-state index contributed by atoms with van der Waals surface area (Å²) in [4.78, 5) is 17.7. The maximum Gasteiger partial charge on any atom is 0.197 e. The van der Waals surface area contributed by atoms with Gasteiger partial charge >= 0.3 is 0 Å². The van der Waals surface area contributed by atoms with E-state index in [1.54, 1.807) is 18.1 Å². The second-order valence-electron chi connectivity index (χ2n) is 10.2. The minimum Gasteiger partial charge on any atom is -0.494 e. The summed E-state index contributed by atoms with van der Waals surface area (Å²) < 4.78 is 35.9. The molecule has 36 heavy (non-hydrogen) atoms. The highest BCUT2D eigenvalue weighted by atomic mass is 79.9. The van der Waals surface area contributed by atoms with Crippen molar-refractivity contribution in [3.63, 3.8) is 0 Å². The van der Waals surface area contributed by atoms with E-state index in [4.69, 9.17) is 14.2 Å². The molecule has 0 unspecified atom stereocenters. The smallest absolute Gasteiger partial charge is 0.197 e. The van der Waals surface area contributed by atoms with Crippen LogP contribution in [0.15, 0.2) is 22.2 Å². The van der Waals surface area contributed by atoms with Crippen molar-refractivity contribution in [1.82, 2.24) is 4.90 Å². The number of ketones is 1. The van der Waals surface area contributed by atoms with Gasteiger partial charge in [0.2, 0.25) is 0 Å². The number of nitrogens with zero attached hydrogens (tertiary/aromatic N) is 3. The van der Waals surface area contributed by atoms with Crippen LogP contribution in [-0.4, -0.2) is 57.5 Å². The fraction of sp³-hybridized carbons (Fsp3) is 0.481.